The van der Waals surface area contributed by atoms with Crippen LogP contribution < -0.4 is 9.47 Å². The van der Waals surface area contributed by atoms with Gasteiger partial charge in [-0.15, -0.1) is 0 Å². The van der Waals surface area contributed by atoms with E-state index in [2.05, 4.69) is 19.7 Å². The number of ether oxygens (including phenoxy) is 2. The highest BCUT2D eigenvalue weighted by Crippen LogP contribution is 2.39. The molecule has 2 fully saturated rings. The Kier molecular flexibility index (Phi) is 9.80. The lowest BCUT2D eigenvalue weighted by Gasteiger charge is -2.36. The summed E-state index contributed by atoms with van der Waals surface area (Å²) in [4.78, 5) is 24.4. The van der Waals surface area contributed by atoms with Crippen molar-refractivity contribution < 1.29 is 40.6 Å². The van der Waals surface area contributed by atoms with Crippen LogP contribution in [0.25, 0.3) is 6.08 Å². The molecule has 0 spiro atoms. The summed E-state index contributed by atoms with van der Waals surface area (Å²) in [5.41, 5.74) is -2.70. The molecular weight excluding hydrogens is 610 g/mol. The number of amides is 1. The van der Waals surface area contributed by atoms with Crippen LogP contribution in [-0.4, -0.2) is 85.2 Å². The van der Waals surface area contributed by atoms with Gasteiger partial charge in [-0.1, -0.05) is 12.1 Å². The molecule has 0 aliphatic carbocycles. The van der Waals surface area contributed by atoms with Gasteiger partial charge in [-0.05, 0) is 73.6 Å². The van der Waals surface area contributed by atoms with E-state index >= 15 is 0 Å². The number of thioether (sulfide) groups is 1. The van der Waals surface area contributed by atoms with Crippen molar-refractivity contribution in [2.45, 2.75) is 31.8 Å². The van der Waals surface area contributed by atoms with Crippen LogP contribution in [0.15, 0.2) is 46.3 Å². The third kappa shape index (κ3) is 7.88. The predicted molar refractivity (Wildman–Crippen MR) is 155 cm³/mol. The van der Waals surface area contributed by atoms with Gasteiger partial charge in [0.1, 0.15) is 6.61 Å². The number of hydrogen-bond acceptors (Lipinski definition) is 7. The summed E-state index contributed by atoms with van der Waals surface area (Å²) in [6.07, 6.45) is -5.72. The Morgan fingerprint density at radius 3 is 2.18 bits per heavy atom. The lowest BCUT2D eigenvalue weighted by molar-refractivity contribution is -0.143. The normalized spacial score (nSPS) is 19.6. The first-order valence-electron chi connectivity index (χ1n) is 14.2. The number of alkyl halides is 6. The fourth-order valence-corrected chi connectivity index (χ4v) is 6.29. The first-order chi connectivity index (χ1) is 20.9. The number of halogens is 6. The zero-order valence-corrected chi connectivity index (χ0v) is 24.8. The van der Waals surface area contributed by atoms with E-state index in [-0.39, 0.29) is 23.5 Å². The average Bonchev–Trinajstić information content (AvgIpc) is 3.64. The van der Waals surface area contributed by atoms with E-state index in [1.165, 1.54) is 50.9 Å². The summed E-state index contributed by atoms with van der Waals surface area (Å²) < 4.78 is 90.4. The van der Waals surface area contributed by atoms with Crippen molar-refractivity contribution >= 4 is 28.9 Å². The quantitative estimate of drug-likeness (QED) is 0.259. The molecule has 2 aromatic carbocycles. The molecule has 2 saturated heterocycles. The smallest absolute Gasteiger partial charge is 0.416 e. The van der Waals surface area contributed by atoms with E-state index in [0.717, 1.165) is 45.3 Å². The van der Waals surface area contributed by atoms with Crippen molar-refractivity contribution in [1.29, 1.82) is 0 Å². The highest BCUT2D eigenvalue weighted by Gasteiger charge is 2.38. The number of piperazine rings is 1. The SMILES string of the molecule is COc1cc(/C=C2/SC(N3CCN(CCN4CCCC4)CC3)=NC2=O)ccc1OCc1ccc(C(F)(F)F)cc1C(F)(F)F. The van der Waals surface area contributed by atoms with Crippen LogP contribution in [0.2, 0.25) is 0 Å². The summed E-state index contributed by atoms with van der Waals surface area (Å²) in [5, 5.41) is 0.657. The molecular formula is C30H32F6N4O3S. The molecule has 0 aromatic heterocycles. The minimum absolute atomic E-state index is 0.0767. The van der Waals surface area contributed by atoms with Gasteiger partial charge in [-0.25, -0.2) is 0 Å². The maximum Gasteiger partial charge on any atom is 0.416 e. The molecule has 0 bridgehead atoms. The first-order valence-corrected chi connectivity index (χ1v) is 15.0. The molecule has 3 aliphatic rings. The van der Waals surface area contributed by atoms with Crippen LogP contribution in [0.5, 0.6) is 11.5 Å². The summed E-state index contributed by atoms with van der Waals surface area (Å²) in [7, 11) is 1.35. The molecule has 0 saturated carbocycles. The summed E-state index contributed by atoms with van der Waals surface area (Å²) >= 11 is 1.29. The van der Waals surface area contributed by atoms with Gasteiger partial charge < -0.3 is 19.3 Å². The number of rotatable bonds is 8. The Balaban J connectivity index is 1.20. The van der Waals surface area contributed by atoms with E-state index in [1.54, 1.807) is 18.2 Å². The van der Waals surface area contributed by atoms with E-state index in [1.807, 2.05) is 0 Å². The Labute approximate surface area is 255 Å². The average molecular weight is 643 g/mol. The van der Waals surface area contributed by atoms with Gasteiger partial charge in [0.15, 0.2) is 16.7 Å². The molecule has 2 aromatic rings. The van der Waals surface area contributed by atoms with Crippen molar-refractivity contribution in [3.8, 4) is 11.5 Å². The molecule has 3 heterocycles. The molecule has 238 valence electrons. The molecule has 44 heavy (non-hydrogen) atoms. The molecule has 0 atom stereocenters. The first kappa shape index (κ1) is 32.2. The number of hydrogen-bond donors (Lipinski definition) is 0. The van der Waals surface area contributed by atoms with E-state index in [0.29, 0.717) is 21.7 Å². The van der Waals surface area contributed by atoms with E-state index in [9.17, 15) is 31.1 Å². The van der Waals surface area contributed by atoms with Gasteiger partial charge in [0.25, 0.3) is 5.91 Å². The number of methoxy groups -OCH3 is 1. The fourth-order valence-electron chi connectivity index (χ4n) is 5.33. The zero-order chi connectivity index (χ0) is 31.5. The van der Waals surface area contributed by atoms with Crippen LogP contribution in [0.3, 0.4) is 0 Å². The Bertz CT molecular complexity index is 1410. The van der Waals surface area contributed by atoms with Crippen molar-refractivity contribution in [1.82, 2.24) is 14.7 Å². The second-order valence-corrected chi connectivity index (χ2v) is 11.8. The third-order valence-corrected chi connectivity index (χ3v) is 8.84. The molecule has 0 unspecified atom stereocenters. The Hall–Kier alpha value is -3.23. The largest absolute Gasteiger partial charge is 0.493 e. The van der Waals surface area contributed by atoms with Gasteiger partial charge >= 0.3 is 12.4 Å². The van der Waals surface area contributed by atoms with Crippen molar-refractivity contribution in [2.75, 3.05) is 59.5 Å². The second-order valence-electron chi connectivity index (χ2n) is 10.8. The maximum atomic E-state index is 13.5. The number of nitrogens with zero attached hydrogens (tertiary/aromatic N) is 4. The lowest BCUT2D eigenvalue weighted by Crippen LogP contribution is -2.49. The Morgan fingerprint density at radius 2 is 1.55 bits per heavy atom. The summed E-state index contributed by atoms with van der Waals surface area (Å²) in [5.74, 6) is -0.0863. The predicted octanol–water partition coefficient (Wildman–Crippen LogP) is 6.00. The number of amidine groups is 1. The molecule has 5 rings (SSSR count). The van der Waals surface area contributed by atoms with Gasteiger partial charge in [-0.2, -0.15) is 31.3 Å². The van der Waals surface area contributed by atoms with E-state index < -0.39 is 35.6 Å². The van der Waals surface area contributed by atoms with Gasteiger partial charge in [0, 0.05) is 44.8 Å². The monoisotopic (exact) mass is 642 g/mol. The zero-order valence-electron chi connectivity index (χ0n) is 24.0. The maximum absolute atomic E-state index is 13.5. The van der Waals surface area contributed by atoms with Crippen molar-refractivity contribution in [3.05, 3.63) is 63.6 Å². The number of aliphatic imine (C=N–C) groups is 1. The minimum atomic E-state index is -5.01. The number of carbonyl (C=O) groups is 1. The number of benzene rings is 2. The molecule has 0 N–H and O–H groups in total. The molecule has 0 radical (unpaired) electrons. The molecule has 7 nitrogen and oxygen atoms in total. The third-order valence-electron chi connectivity index (χ3n) is 7.79. The minimum Gasteiger partial charge on any atom is -0.493 e. The molecule has 3 aliphatic heterocycles. The topological polar surface area (TPSA) is 57.6 Å². The van der Waals surface area contributed by atoms with E-state index in [4.69, 9.17) is 9.47 Å². The second kappa shape index (κ2) is 13.4. The van der Waals surface area contributed by atoms with Crippen molar-refractivity contribution in [3.63, 3.8) is 0 Å². The van der Waals surface area contributed by atoms with Gasteiger partial charge in [0.05, 0.1) is 23.1 Å². The van der Waals surface area contributed by atoms with Gasteiger partial charge in [-0.3, -0.25) is 9.69 Å². The molecule has 1 amide bonds. The Morgan fingerprint density at radius 1 is 0.864 bits per heavy atom. The molecule has 14 heteroatoms. The van der Waals surface area contributed by atoms with Crippen LogP contribution >= 0.6 is 11.8 Å². The fraction of sp³-hybridized carbons (Fsp3) is 0.467. The standard InChI is InChI=1S/C30H32F6N4O3S/c1-42-25-16-20(4-7-24(25)43-19-21-5-6-22(29(31,32)33)18-23(21)30(34,35)36)17-26-27(41)37-28(44-26)40-14-12-39(13-15-40)11-10-38-8-2-3-9-38/h4-7,16-18H,2-3,8-15,19H2,1H3/b26-17+. The lowest BCUT2D eigenvalue weighted by atomic mass is 10.0. The number of likely N-dealkylation sites (tertiary alicyclic amines) is 1. The van der Waals surface area contributed by atoms with Crippen molar-refractivity contribution in [2.24, 2.45) is 4.99 Å². The highest BCUT2D eigenvalue weighted by molar-refractivity contribution is 8.18. The van der Waals surface area contributed by atoms with Crippen LogP contribution in [0, 0.1) is 0 Å². The number of carbonyl (C=O) groups excluding carboxylic acids is 1. The van der Waals surface area contributed by atoms with Crippen LogP contribution in [0.1, 0.15) is 35.1 Å². The van der Waals surface area contributed by atoms with Crippen LogP contribution in [0.4, 0.5) is 26.3 Å². The highest BCUT2D eigenvalue weighted by atomic mass is 32.2. The van der Waals surface area contributed by atoms with Crippen LogP contribution in [-0.2, 0) is 23.8 Å². The van der Waals surface area contributed by atoms with Gasteiger partial charge in [0.2, 0.25) is 0 Å². The summed E-state index contributed by atoms with van der Waals surface area (Å²) in [6, 6.07) is 6.05. The summed E-state index contributed by atoms with van der Waals surface area (Å²) in [6.45, 7) is 7.19.